The van der Waals surface area contributed by atoms with Crippen molar-refractivity contribution in [3.05, 3.63) is 14.9 Å². The molecule has 174 valence electrons. The first-order valence-corrected chi connectivity index (χ1v) is 25.2. The standard InChI is InChI=1S/C22H46Si2.2CH3.2ClH.Zr/c1-7-9-11-19-13-15-21(17-19)23(3,4)24(5,6)22-16-14-20(18-22)12-10-8-2;;;;;/h19-22H,7-18H2,1-6H3;2*1H3;2*1H;/q;2*-1;;;+4/p-2. The van der Waals surface area contributed by atoms with Crippen LogP contribution < -0.4 is 0 Å². The van der Waals surface area contributed by atoms with Crippen LogP contribution in [0.5, 0.6) is 0 Å². The van der Waals surface area contributed by atoms with E-state index >= 15 is 0 Å². The maximum atomic E-state index is 4.93. The van der Waals surface area contributed by atoms with Gasteiger partial charge in [-0.1, -0.05) is 117 Å². The van der Waals surface area contributed by atoms with Crippen LogP contribution in [-0.4, -0.2) is 15.2 Å². The number of hydrogen-bond acceptors (Lipinski definition) is 0. The van der Waals surface area contributed by atoms with E-state index in [2.05, 4.69) is 40.0 Å². The number of hydrogen-bond donors (Lipinski definition) is 0. The van der Waals surface area contributed by atoms with E-state index in [1.807, 2.05) is 0 Å². The molecule has 0 heterocycles. The SMILES string of the molecule is CCCCC1CCC([Si](C)(C)[Si](C)(C)C2CCC(CCCC)C2)C1.[CH3-].[CH3-].[Cl][Zr+2][Cl]. The summed E-state index contributed by atoms with van der Waals surface area (Å²) in [5, 5.41) is 0. The molecule has 0 amide bonds. The van der Waals surface area contributed by atoms with Gasteiger partial charge in [0.05, 0.1) is 0 Å². The van der Waals surface area contributed by atoms with Crippen LogP contribution in [0, 0.1) is 26.7 Å². The number of unbranched alkanes of at least 4 members (excludes halogenated alkanes) is 2. The molecule has 0 bridgehead atoms. The maximum absolute atomic E-state index is 4.93. The van der Waals surface area contributed by atoms with Crippen LogP contribution >= 0.6 is 17.0 Å². The minimum absolute atomic E-state index is 0. The van der Waals surface area contributed by atoms with Crippen molar-refractivity contribution in [3.63, 3.8) is 0 Å². The van der Waals surface area contributed by atoms with Gasteiger partial charge in [-0.3, -0.25) is 0 Å². The molecule has 2 aliphatic rings. The second-order valence-electron chi connectivity index (χ2n) is 10.6. The molecule has 2 rings (SSSR count). The number of halogens is 2. The molecule has 5 heteroatoms. The third-order valence-corrected chi connectivity index (χ3v) is 29.6. The molecule has 4 atom stereocenters. The van der Waals surface area contributed by atoms with Crippen LogP contribution in [0.25, 0.3) is 0 Å². The molecule has 2 aliphatic carbocycles. The van der Waals surface area contributed by atoms with Gasteiger partial charge in [-0.2, -0.15) is 0 Å². The van der Waals surface area contributed by atoms with Crippen molar-refractivity contribution < 1.29 is 20.8 Å². The molecule has 2 fully saturated rings. The Morgan fingerprint density at radius 2 is 1.00 bits per heavy atom. The summed E-state index contributed by atoms with van der Waals surface area (Å²) in [6, 6.07) is 0. The van der Waals surface area contributed by atoms with Crippen molar-refractivity contribution in [1.82, 2.24) is 0 Å². The van der Waals surface area contributed by atoms with Crippen LogP contribution in [-0.2, 0) is 20.8 Å². The monoisotopic (exact) mass is 556 g/mol. The fraction of sp³-hybridized carbons (Fsp3) is 0.917. The van der Waals surface area contributed by atoms with Crippen LogP contribution in [0.3, 0.4) is 0 Å². The molecule has 0 saturated heterocycles. The van der Waals surface area contributed by atoms with E-state index in [-0.39, 0.29) is 14.9 Å². The van der Waals surface area contributed by atoms with Crippen molar-refractivity contribution in [2.45, 2.75) is 128 Å². The van der Waals surface area contributed by atoms with Gasteiger partial charge < -0.3 is 14.9 Å². The van der Waals surface area contributed by atoms with Crippen LogP contribution in [0.1, 0.15) is 90.9 Å². The van der Waals surface area contributed by atoms with Crippen molar-refractivity contribution in [2.75, 3.05) is 0 Å². The quantitative estimate of drug-likeness (QED) is 0.195. The van der Waals surface area contributed by atoms with E-state index in [0.29, 0.717) is 0 Å². The van der Waals surface area contributed by atoms with Gasteiger partial charge in [0.2, 0.25) is 0 Å². The van der Waals surface area contributed by atoms with Crippen molar-refractivity contribution >= 4 is 32.2 Å². The van der Waals surface area contributed by atoms with Gasteiger partial charge >= 0.3 is 37.9 Å². The predicted octanol–water partition coefficient (Wildman–Crippen LogP) is 10.5. The Morgan fingerprint density at radius 3 is 1.28 bits per heavy atom. The average molecular weight is 559 g/mol. The predicted molar refractivity (Wildman–Crippen MR) is 141 cm³/mol. The molecule has 0 nitrogen and oxygen atoms in total. The van der Waals surface area contributed by atoms with Gasteiger partial charge in [-0.25, -0.2) is 0 Å². The van der Waals surface area contributed by atoms with E-state index in [1.54, 1.807) is 38.5 Å². The molecule has 0 aromatic heterocycles. The normalized spacial score (nSPS) is 26.6. The van der Waals surface area contributed by atoms with Gasteiger partial charge in [0.15, 0.2) is 0 Å². The topological polar surface area (TPSA) is 0 Å². The Balaban J connectivity index is 0. The summed E-state index contributed by atoms with van der Waals surface area (Å²) < 4.78 is 0. The first-order chi connectivity index (χ1) is 12.7. The van der Waals surface area contributed by atoms with E-state index in [0.717, 1.165) is 22.9 Å². The van der Waals surface area contributed by atoms with Gasteiger partial charge in [-0.05, 0) is 22.9 Å². The van der Waals surface area contributed by atoms with E-state index in [9.17, 15) is 0 Å². The molecule has 0 aliphatic heterocycles. The van der Waals surface area contributed by atoms with E-state index in [1.165, 1.54) is 38.5 Å². The summed E-state index contributed by atoms with van der Waals surface area (Å²) in [5.41, 5.74) is 2.33. The Bertz CT molecular complexity index is 368. The Labute approximate surface area is 206 Å². The average Bonchev–Trinajstić information content (AvgIpc) is 3.28. The summed E-state index contributed by atoms with van der Waals surface area (Å²) in [4.78, 5) is 0. The van der Waals surface area contributed by atoms with Crippen molar-refractivity contribution in [1.29, 1.82) is 0 Å². The first-order valence-electron chi connectivity index (χ1n) is 11.7. The molecular formula is C24H52Cl2Si2Zr. The summed E-state index contributed by atoms with van der Waals surface area (Å²) in [7, 11) is 7.74. The van der Waals surface area contributed by atoms with E-state index < -0.39 is 36.0 Å². The van der Waals surface area contributed by atoms with Gasteiger partial charge in [0.1, 0.15) is 0 Å². The molecule has 2 saturated carbocycles. The van der Waals surface area contributed by atoms with Crippen LogP contribution in [0.4, 0.5) is 0 Å². The zero-order chi connectivity index (χ0) is 20.5. The number of rotatable bonds is 9. The molecule has 0 radical (unpaired) electrons. The molecule has 0 aromatic carbocycles. The molecule has 0 N–H and O–H groups in total. The fourth-order valence-electron chi connectivity index (χ4n) is 6.02. The Kier molecular flexibility index (Phi) is 18.8. The second kappa shape index (κ2) is 16.5. The third kappa shape index (κ3) is 9.73. The van der Waals surface area contributed by atoms with Crippen molar-refractivity contribution in [2.24, 2.45) is 11.8 Å². The minimum atomic E-state index is -1.07. The van der Waals surface area contributed by atoms with Gasteiger partial charge in [0, 0.05) is 15.2 Å². The summed E-state index contributed by atoms with van der Waals surface area (Å²) in [5.74, 6) is 2.18. The Hall–Kier alpha value is 1.90. The first kappa shape index (κ1) is 33.1. The Morgan fingerprint density at radius 1 is 0.690 bits per heavy atom. The molecule has 0 spiro atoms. The molecule has 29 heavy (non-hydrogen) atoms. The molecule has 4 unspecified atom stereocenters. The molecule has 0 aromatic rings. The van der Waals surface area contributed by atoms with Crippen LogP contribution in [0.2, 0.25) is 37.3 Å². The summed E-state index contributed by atoms with van der Waals surface area (Å²) in [6.45, 7) is 16.0. The third-order valence-electron chi connectivity index (χ3n) is 8.72. The fourth-order valence-corrected chi connectivity index (χ4v) is 19.6. The van der Waals surface area contributed by atoms with E-state index in [4.69, 9.17) is 17.0 Å². The second-order valence-corrected chi connectivity index (χ2v) is 30.5. The van der Waals surface area contributed by atoms with Gasteiger partial charge in [0.25, 0.3) is 0 Å². The summed E-state index contributed by atoms with van der Waals surface area (Å²) >= 11 is -0.826. The van der Waals surface area contributed by atoms with Crippen molar-refractivity contribution in [3.8, 4) is 0 Å². The summed E-state index contributed by atoms with van der Waals surface area (Å²) in [6.07, 6.45) is 18.3. The zero-order valence-corrected chi connectivity index (χ0v) is 27.0. The van der Waals surface area contributed by atoms with Crippen LogP contribution in [0.15, 0.2) is 0 Å². The van der Waals surface area contributed by atoms with Gasteiger partial charge in [-0.15, -0.1) is 0 Å². The zero-order valence-electron chi connectivity index (χ0n) is 21.1. The molecular weight excluding hydrogens is 507 g/mol.